The highest BCUT2D eigenvalue weighted by molar-refractivity contribution is 8.14. The summed E-state index contributed by atoms with van der Waals surface area (Å²) in [5, 5.41) is 4.40. The number of thioether (sulfide) groups is 1. The summed E-state index contributed by atoms with van der Waals surface area (Å²) in [5.41, 5.74) is 0.519. The molecule has 0 unspecified atom stereocenters. The van der Waals surface area contributed by atoms with Crippen LogP contribution in [-0.2, 0) is 0 Å². The van der Waals surface area contributed by atoms with E-state index in [1.54, 1.807) is 23.9 Å². The van der Waals surface area contributed by atoms with Gasteiger partial charge in [-0.25, -0.2) is 4.39 Å². The summed E-state index contributed by atoms with van der Waals surface area (Å²) in [6, 6.07) is 4.51. The molecule has 1 fully saturated rings. The van der Waals surface area contributed by atoms with E-state index < -0.39 is 0 Å². The first-order valence-electron chi connectivity index (χ1n) is 6.12. The van der Waals surface area contributed by atoms with Crippen molar-refractivity contribution in [2.24, 2.45) is 4.99 Å². The summed E-state index contributed by atoms with van der Waals surface area (Å²) in [6.45, 7) is 0. The smallest absolute Gasteiger partial charge is 0.161 e. The summed E-state index contributed by atoms with van der Waals surface area (Å²) in [6.07, 6.45) is 4.82. The van der Waals surface area contributed by atoms with Crippen LogP contribution in [0.15, 0.2) is 23.2 Å². The molecule has 1 aliphatic carbocycles. The molecule has 1 aromatic carbocycles. The monoisotopic (exact) mass is 284 g/mol. The van der Waals surface area contributed by atoms with Gasteiger partial charge in [-0.15, -0.1) is 0 Å². The molecule has 2 aliphatic rings. The molecule has 0 saturated heterocycles. The second-order valence-corrected chi connectivity index (χ2v) is 6.29. The van der Waals surface area contributed by atoms with Gasteiger partial charge in [0.1, 0.15) is 5.82 Å². The molecule has 0 aromatic heterocycles. The number of halogens is 2. The van der Waals surface area contributed by atoms with Crippen molar-refractivity contribution in [2.75, 3.05) is 11.1 Å². The van der Waals surface area contributed by atoms with Crippen LogP contribution in [0.25, 0.3) is 0 Å². The lowest BCUT2D eigenvalue weighted by Gasteiger charge is -2.16. The van der Waals surface area contributed by atoms with Gasteiger partial charge < -0.3 is 5.32 Å². The Morgan fingerprint density at radius 3 is 2.89 bits per heavy atom. The van der Waals surface area contributed by atoms with E-state index in [2.05, 4.69) is 5.32 Å². The molecule has 0 radical (unpaired) electrons. The first-order chi connectivity index (χ1) is 8.67. The lowest BCUT2D eigenvalue weighted by Crippen LogP contribution is -2.21. The van der Waals surface area contributed by atoms with E-state index in [9.17, 15) is 4.39 Å². The number of aliphatic imine (C=N–C) groups is 1. The molecule has 5 heteroatoms. The minimum atomic E-state index is -0.296. The molecule has 0 amide bonds. The molecule has 18 heavy (non-hydrogen) atoms. The largest absolute Gasteiger partial charge is 0.333 e. The fourth-order valence-corrected chi connectivity index (χ4v) is 3.92. The molecular formula is C13H14ClFN2S. The normalized spacial score (nSPS) is 21.3. The molecule has 1 aliphatic heterocycles. The van der Waals surface area contributed by atoms with E-state index in [-0.39, 0.29) is 11.4 Å². The average Bonchev–Trinajstić information content (AvgIpc) is 2.95. The van der Waals surface area contributed by atoms with Gasteiger partial charge in [-0.1, -0.05) is 36.2 Å². The van der Waals surface area contributed by atoms with Crippen LogP contribution in [0.2, 0.25) is 5.02 Å². The van der Waals surface area contributed by atoms with E-state index in [1.807, 2.05) is 0 Å². The number of rotatable bonds is 1. The van der Waals surface area contributed by atoms with Gasteiger partial charge in [-0.2, -0.15) is 0 Å². The number of anilines is 1. The van der Waals surface area contributed by atoms with Gasteiger partial charge in [0.05, 0.1) is 11.2 Å². The summed E-state index contributed by atoms with van der Waals surface area (Å²) in [7, 11) is 0. The maximum atomic E-state index is 13.6. The van der Waals surface area contributed by atoms with Crippen molar-refractivity contribution in [2.45, 2.75) is 31.2 Å². The number of benzene rings is 1. The fourth-order valence-electron chi connectivity index (χ4n) is 2.54. The summed E-state index contributed by atoms with van der Waals surface area (Å²) in [4.78, 5) is 4.74. The van der Waals surface area contributed by atoms with Crippen molar-refractivity contribution in [1.82, 2.24) is 0 Å². The van der Waals surface area contributed by atoms with E-state index >= 15 is 0 Å². The lowest BCUT2D eigenvalue weighted by molar-refractivity contribution is 0.508. The molecular weight excluding hydrogens is 271 g/mol. The van der Waals surface area contributed by atoms with Crippen LogP contribution in [-0.4, -0.2) is 16.5 Å². The zero-order valence-corrected chi connectivity index (χ0v) is 11.5. The maximum absolute atomic E-state index is 13.6. The zero-order valence-electron chi connectivity index (χ0n) is 9.88. The molecule has 1 N–H and O–H groups in total. The predicted octanol–water partition coefficient (Wildman–Crippen LogP) is 4.31. The Kier molecular flexibility index (Phi) is 3.24. The van der Waals surface area contributed by atoms with Crippen LogP contribution in [0.4, 0.5) is 10.1 Å². The van der Waals surface area contributed by atoms with Gasteiger partial charge in [-0.3, -0.25) is 4.99 Å². The fraction of sp³-hybridized carbons (Fsp3) is 0.462. The van der Waals surface area contributed by atoms with E-state index in [1.165, 1.54) is 18.9 Å². The van der Waals surface area contributed by atoms with Gasteiger partial charge >= 0.3 is 0 Å². The topological polar surface area (TPSA) is 24.4 Å². The average molecular weight is 285 g/mol. The summed E-state index contributed by atoms with van der Waals surface area (Å²) in [5.74, 6) is 0.715. The maximum Gasteiger partial charge on any atom is 0.161 e. The van der Waals surface area contributed by atoms with E-state index in [0.29, 0.717) is 10.7 Å². The van der Waals surface area contributed by atoms with Crippen LogP contribution in [0.1, 0.15) is 25.7 Å². The van der Waals surface area contributed by atoms with Gasteiger partial charge in [0.15, 0.2) is 5.17 Å². The molecule has 96 valence electrons. The third-order valence-electron chi connectivity index (χ3n) is 3.52. The van der Waals surface area contributed by atoms with Gasteiger partial charge in [0.2, 0.25) is 0 Å². The SMILES string of the molecule is Fc1ccc(Cl)cc1NC1=NC2(CCCC2)CS1. The second-order valence-electron chi connectivity index (χ2n) is 4.89. The first kappa shape index (κ1) is 12.3. The Morgan fingerprint density at radius 1 is 1.33 bits per heavy atom. The highest BCUT2D eigenvalue weighted by Crippen LogP contribution is 2.41. The number of amidine groups is 1. The van der Waals surface area contributed by atoms with Gasteiger partial charge in [-0.05, 0) is 31.0 Å². The van der Waals surface area contributed by atoms with Crippen LogP contribution in [0, 0.1) is 5.82 Å². The lowest BCUT2D eigenvalue weighted by atomic mass is 10.0. The third-order valence-corrected chi connectivity index (χ3v) is 4.90. The molecule has 2 nitrogen and oxygen atoms in total. The molecule has 1 saturated carbocycles. The molecule has 3 rings (SSSR count). The summed E-state index contributed by atoms with van der Waals surface area (Å²) < 4.78 is 13.6. The van der Waals surface area contributed by atoms with Gasteiger partial charge in [0, 0.05) is 10.8 Å². The van der Waals surface area contributed by atoms with Crippen molar-refractivity contribution in [1.29, 1.82) is 0 Å². The van der Waals surface area contributed by atoms with Crippen molar-refractivity contribution in [3.63, 3.8) is 0 Å². The number of nitrogens with zero attached hydrogens (tertiary/aromatic N) is 1. The van der Waals surface area contributed by atoms with Crippen molar-refractivity contribution in [3.05, 3.63) is 29.0 Å². The molecule has 1 heterocycles. The quantitative estimate of drug-likeness (QED) is 0.831. The Labute approximate surface area is 115 Å². The van der Waals surface area contributed by atoms with Crippen LogP contribution in [0.3, 0.4) is 0 Å². The Bertz CT molecular complexity index is 498. The Morgan fingerprint density at radius 2 is 2.11 bits per heavy atom. The highest BCUT2D eigenvalue weighted by atomic mass is 35.5. The van der Waals surface area contributed by atoms with Crippen LogP contribution in [0.5, 0.6) is 0 Å². The summed E-state index contributed by atoms with van der Waals surface area (Å²) >= 11 is 7.55. The molecule has 1 aromatic rings. The standard InChI is InChI=1S/C13H14ClFN2S/c14-9-3-4-10(15)11(7-9)16-12-17-13(8-18-12)5-1-2-6-13/h3-4,7H,1-2,5-6,8H2,(H,16,17). The number of hydrogen-bond donors (Lipinski definition) is 1. The zero-order chi connectivity index (χ0) is 12.6. The Balaban J connectivity index is 1.79. The van der Waals surface area contributed by atoms with E-state index in [4.69, 9.17) is 16.6 Å². The number of nitrogens with one attached hydrogen (secondary N) is 1. The van der Waals surface area contributed by atoms with Crippen molar-refractivity contribution in [3.8, 4) is 0 Å². The number of hydrogen-bond acceptors (Lipinski definition) is 3. The van der Waals surface area contributed by atoms with Crippen molar-refractivity contribution < 1.29 is 4.39 Å². The van der Waals surface area contributed by atoms with Crippen LogP contribution < -0.4 is 5.32 Å². The predicted molar refractivity (Wildman–Crippen MR) is 76.1 cm³/mol. The minimum absolute atomic E-state index is 0.113. The molecule has 1 spiro atoms. The molecule has 0 bridgehead atoms. The first-order valence-corrected chi connectivity index (χ1v) is 7.48. The Hall–Kier alpha value is -0.740. The molecule has 0 atom stereocenters. The third kappa shape index (κ3) is 2.36. The highest BCUT2D eigenvalue weighted by Gasteiger charge is 2.38. The minimum Gasteiger partial charge on any atom is -0.333 e. The van der Waals surface area contributed by atoms with Gasteiger partial charge in [0.25, 0.3) is 0 Å². The van der Waals surface area contributed by atoms with Crippen LogP contribution >= 0.6 is 23.4 Å². The van der Waals surface area contributed by atoms with Crippen molar-refractivity contribution >= 4 is 34.2 Å². The van der Waals surface area contributed by atoms with E-state index in [0.717, 1.165) is 23.8 Å². The second kappa shape index (κ2) is 4.74.